The first kappa shape index (κ1) is 15.6. The Kier molecular flexibility index (Phi) is 7.45. The van der Waals surface area contributed by atoms with Crippen LogP contribution in [0.3, 0.4) is 0 Å². The van der Waals surface area contributed by atoms with Gasteiger partial charge in [0.2, 0.25) is 0 Å². The number of thioether (sulfide) groups is 1. The van der Waals surface area contributed by atoms with Crippen LogP contribution >= 0.6 is 11.8 Å². The highest BCUT2D eigenvalue weighted by molar-refractivity contribution is 7.99. The van der Waals surface area contributed by atoms with Gasteiger partial charge in [-0.15, -0.1) is 11.8 Å². The molecular formula is C16H27NS. The minimum absolute atomic E-state index is 0.634. The van der Waals surface area contributed by atoms with E-state index in [9.17, 15) is 0 Å². The molecule has 1 nitrogen and oxygen atoms in total. The molecular weight excluding hydrogens is 238 g/mol. The van der Waals surface area contributed by atoms with Crippen molar-refractivity contribution >= 4 is 11.8 Å². The molecule has 18 heavy (non-hydrogen) atoms. The predicted octanol–water partition coefficient (Wildman–Crippen LogP) is 4.50. The molecule has 0 aliphatic carbocycles. The van der Waals surface area contributed by atoms with E-state index in [0.717, 1.165) is 12.5 Å². The third kappa shape index (κ3) is 4.66. The molecule has 0 heterocycles. The van der Waals surface area contributed by atoms with Gasteiger partial charge in [0.25, 0.3) is 0 Å². The van der Waals surface area contributed by atoms with Crippen molar-refractivity contribution < 1.29 is 0 Å². The fourth-order valence-corrected chi connectivity index (χ4v) is 3.60. The zero-order valence-corrected chi connectivity index (χ0v) is 13.0. The molecule has 0 fully saturated rings. The van der Waals surface area contributed by atoms with Crippen LogP contribution in [0.25, 0.3) is 0 Å². The Hall–Kier alpha value is -0.470. The molecule has 1 atom stereocenters. The van der Waals surface area contributed by atoms with Crippen LogP contribution in [-0.2, 0) is 0 Å². The van der Waals surface area contributed by atoms with Gasteiger partial charge >= 0.3 is 0 Å². The average molecular weight is 265 g/mol. The quantitative estimate of drug-likeness (QED) is 0.694. The zero-order valence-electron chi connectivity index (χ0n) is 12.2. The van der Waals surface area contributed by atoms with Crippen molar-refractivity contribution in [2.24, 2.45) is 5.92 Å². The molecule has 0 bridgehead atoms. The summed E-state index contributed by atoms with van der Waals surface area (Å²) in [5.74, 6) is 1.96. The molecule has 1 rings (SSSR count). The highest BCUT2D eigenvalue weighted by Gasteiger charge is 2.17. The monoisotopic (exact) mass is 265 g/mol. The summed E-state index contributed by atoms with van der Waals surface area (Å²) in [6.07, 6.45) is 2.53. The number of benzene rings is 1. The van der Waals surface area contributed by atoms with Crippen LogP contribution in [0.4, 0.5) is 0 Å². The molecule has 0 aromatic heterocycles. The molecule has 0 radical (unpaired) electrons. The second-order valence-electron chi connectivity index (χ2n) is 4.82. The van der Waals surface area contributed by atoms with E-state index >= 15 is 0 Å². The Bertz CT molecular complexity index is 334. The lowest BCUT2D eigenvalue weighted by molar-refractivity contribution is 0.365. The van der Waals surface area contributed by atoms with E-state index in [1.54, 1.807) is 0 Å². The molecule has 0 aliphatic heterocycles. The maximum Gasteiger partial charge on any atom is 0.0189 e. The Morgan fingerprint density at radius 1 is 1.11 bits per heavy atom. The van der Waals surface area contributed by atoms with E-state index in [2.05, 4.69) is 57.3 Å². The molecule has 0 saturated heterocycles. The molecule has 1 aromatic rings. The van der Waals surface area contributed by atoms with Crippen LogP contribution < -0.4 is 5.32 Å². The van der Waals surface area contributed by atoms with Crippen molar-refractivity contribution in [1.29, 1.82) is 0 Å². The summed E-state index contributed by atoms with van der Waals surface area (Å²) in [4.78, 5) is 1.42. The first-order valence-corrected chi connectivity index (χ1v) is 8.13. The largest absolute Gasteiger partial charge is 0.313 e. The molecule has 1 unspecified atom stereocenters. The van der Waals surface area contributed by atoms with E-state index < -0.39 is 0 Å². The van der Waals surface area contributed by atoms with Crippen molar-refractivity contribution in [2.75, 3.05) is 12.3 Å². The van der Waals surface area contributed by atoms with Gasteiger partial charge in [-0.1, -0.05) is 51.8 Å². The van der Waals surface area contributed by atoms with Gasteiger partial charge in [-0.05, 0) is 31.0 Å². The van der Waals surface area contributed by atoms with Gasteiger partial charge in [0.15, 0.2) is 0 Å². The minimum atomic E-state index is 0.634. The lowest BCUT2D eigenvalue weighted by Crippen LogP contribution is -2.37. The zero-order chi connectivity index (χ0) is 13.4. The van der Waals surface area contributed by atoms with Crippen LogP contribution in [0.5, 0.6) is 0 Å². The molecule has 0 saturated carbocycles. The SMILES string of the molecule is CCNC(CSc1ccccc1C)C(CC)CC. The molecule has 0 aliphatic rings. The lowest BCUT2D eigenvalue weighted by atomic mass is 9.95. The molecule has 1 aromatic carbocycles. The summed E-state index contributed by atoms with van der Waals surface area (Å²) in [7, 11) is 0. The molecule has 0 spiro atoms. The molecule has 1 N–H and O–H groups in total. The maximum absolute atomic E-state index is 3.65. The Labute approximate surface area is 117 Å². The van der Waals surface area contributed by atoms with Crippen molar-refractivity contribution in [2.45, 2.75) is 51.5 Å². The highest BCUT2D eigenvalue weighted by Crippen LogP contribution is 2.25. The van der Waals surface area contributed by atoms with E-state index in [1.807, 2.05) is 11.8 Å². The van der Waals surface area contributed by atoms with Crippen molar-refractivity contribution in [1.82, 2.24) is 5.32 Å². The molecule has 0 amide bonds. The summed E-state index contributed by atoms with van der Waals surface area (Å²) >= 11 is 1.99. The van der Waals surface area contributed by atoms with Gasteiger partial charge < -0.3 is 5.32 Å². The Morgan fingerprint density at radius 2 is 1.78 bits per heavy atom. The number of rotatable bonds is 8. The van der Waals surface area contributed by atoms with E-state index in [0.29, 0.717) is 6.04 Å². The van der Waals surface area contributed by atoms with Crippen molar-refractivity contribution in [3.8, 4) is 0 Å². The minimum Gasteiger partial charge on any atom is -0.313 e. The predicted molar refractivity (Wildman–Crippen MR) is 83.4 cm³/mol. The Balaban J connectivity index is 2.59. The van der Waals surface area contributed by atoms with Gasteiger partial charge in [0.05, 0.1) is 0 Å². The third-order valence-electron chi connectivity index (χ3n) is 3.60. The standard InChI is InChI=1S/C16H27NS/c1-5-14(6-2)15(17-7-3)12-18-16-11-9-8-10-13(16)4/h8-11,14-15,17H,5-7,12H2,1-4H3. The van der Waals surface area contributed by atoms with Crippen LogP contribution in [0.15, 0.2) is 29.2 Å². The van der Waals surface area contributed by atoms with Crippen LogP contribution in [-0.4, -0.2) is 18.3 Å². The fraction of sp³-hybridized carbons (Fsp3) is 0.625. The van der Waals surface area contributed by atoms with Crippen LogP contribution in [0.2, 0.25) is 0 Å². The van der Waals surface area contributed by atoms with Gasteiger partial charge in [0.1, 0.15) is 0 Å². The van der Waals surface area contributed by atoms with Gasteiger partial charge in [-0.3, -0.25) is 0 Å². The second-order valence-corrected chi connectivity index (χ2v) is 5.88. The number of hydrogen-bond acceptors (Lipinski definition) is 2. The van der Waals surface area contributed by atoms with Crippen molar-refractivity contribution in [3.63, 3.8) is 0 Å². The van der Waals surface area contributed by atoms with Crippen LogP contribution in [0, 0.1) is 12.8 Å². The number of aryl methyl sites for hydroxylation is 1. The Morgan fingerprint density at radius 3 is 2.33 bits per heavy atom. The molecule has 102 valence electrons. The second kappa shape index (κ2) is 8.60. The fourth-order valence-electron chi connectivity index (χ4n) is 2.38. The van der Waals surface area contributed by atoms with Gasteiger partial charge in [-0.25, -0.2) is 0 Å². The summed E-state index contributed by atoms with van der Waals surface area (Å²) in [6, 6.07) is 9.31. The van der Waals surface area contributed by atoms with Crippen molar-refractivity contribution in [3.05, 3.63) is 29.8 Å². The third-order valence-corrected chi connectivity index (χ3v) is 4.89. The lowest BCUT2D eigenvalue weighted by Gasteiger charge is -2.26. The summed E-state index contributed by atoms with van der Waals surface area (Å²) in [5.41, 5.74) is 1.39. The topological polar surface area (TPSA) is 12.0 Å². The number of hydrogen-bond donors (Lipinski definition) is 1. The maximum atomic E-state index is 3.65. The van der Waals surface area contributed by atoms with E-state index in [-0.39, 0.29) is 0 Å². The average Bonchev–Trinajstić information content (AvgIpc) is 2.39. The normalized spacial score (nSPS) is 12.9. The highest BCUT2D eigenvalue weighted by atomic mass is 32.2. The van der Waals surface area contributed by atoms with E-state index in [1.165, 1.54) is 29.1 Å². The summed E-state index contributed by atoms with van der Waals surface area (Å²) < 4.78 is 0. The number of nitrogens with one attached hydrogen (secondary N) is 1. The first-order valence-electron chi connectivity index (χ1n) is 7.14. The molecule has 2 heteroatoms. The van der Waals surface area contributed by atoms with Gasteiger partial charge in [0, 0.05) is 16.7 Å². The first-order chi connectivity index (χ1) is 8.72. The summed E-state index contributed by atoms with van der Waals surface area (Å²) in [5, 5.41) is 3.65. The van der Waals surface area contributed by atoms with Gasteiger partial charge in [-0.2, -0.15) is 0 Å². The smallest absolute Gasteiger partial charge is 0.0189 e. The summed E-state index contributed by atoms with van der Waals surface area (Å²) in [6.45, 7) is 10.1. The van der Waals surface area contributed by atoms with Crippen LogP contribution in [0.1, 0.15) is 39.2 Å². The van der Waals surface area contributed by atoms with E-state index in [4.69, 9.17) is 0 Å².